The fraction of sp³-hybridized carbons (Fsp3) is 0.227. The lowest BCUT2D eigenvalue weighted by molar-refractivity contribution is -0.118. The zero-order valence-electron chi connectivity index (χ0n) is 17.4. The van der Waals surface area contributed by atoms with Crippen LogP contribution in [0, 0.1) is 11.6 Å². The molecule has 2 aromatic heterocycles. The number of anilines is 1. The number of imidazole rings is 1. The number of carbonyl (C=O) groups excluding carboxylic acids is 1. The molecule has 172 valence electrons. The molecule has 4 rings (SSSR count). The number of benzene rings is 2. The van der Waals surface area contributed by atoms with Crippen molar-refractivity contribution in [2.24, 2.45) is 0 Å². The molecule has 1 amide bonds. The molecule has 2 heterocycles. The minimum Gasteiger partial charge on any atom is -0.337 e. The van der Waals surface area contributed by atoms with Gasteiger partial charge in [-0.2, -0.15) is 0 Å². The molecule has 0 unspecified atom stereocenters. The van der Waals surface area contributed by atoms with E-state index >= 15 is 0 Å². The smallest absolute Gasteiger partial charge is 0.229 e. The molecule has 7 nitrogen and oxygen atoms in total. The number of hydrogen-bond donors (Lipinski definition) is 0. The first kappa shape index (κ1) is 23.0. The summed E-state index contributed by atoms with van der Waals surface area (Å²) in [5.74, 6) is -1.78. The van der Waals surface area contributed by atoms with Crippen molar-refractivity contribution >= 4 is 42.4 Å². The Morgan fingerprint density at radius 2 is 1.85 bits per heavy atom. The zero-order valence-corrected chi connectivity index (χ0v) is 19.0. The molecule has 0 bridgehead atoms. The van der Waals surface area contributed by atoms with Crippen LogP contribution in [0.1, 0.15) is 12.8 Å². The molecule has 0 N–H and O–H groups in total. The molecular weight excluding hydrogens is 470 g/mol. The molecule has 0 spiro atoms. The summed E-state index contributed by atoms with van der Waals surface area (Å²) in [5, 5.41) is 0.380. The van der Waals surface area contributed by atoms with Gasteiger partial charge in [0.2, 0.25) is 5.91 Å². The molecule has 0 fully saturated rings. The van der Waals surface area contributed by atoms with Crippen molar-refractivity contribution in [3.63, 3.8) is 0 Å². The summed E-state index contributed by atoms with van der Waals surface area (Å²) in [7, 11) is -3.77. The van der Waals surface area contributed by atoms with Crippen LogP contribution >= 0.6 is 11.3 Å². The molecule has 0 saturated carbocycles. The van der Waals surface area contributed by atoms with Gasteiger partial charge in [-0.1, -0.05) is 11.3 Å². The highest BCUT2D eigenvalue weighted by Gasteiger charge is 2.23. The van der Waals surface area contributed by atoms with Crippen molar-refractivity contribution in [1.29, 1.82) is 0 Å². The number of halogens is 2. The normalized spacial score (nSPS) is 11.7. The maximum atomic E-state index is 13.6. The van der Waals surface area contributed by atoms with Crippen molar-refractivity contribution in [2.45, 2.75) is 24.3 Å². The second-order valence-corrected chi connectivity index (χ2v) is 10.4. The van der Waals surface area contributed by atoms with Gasteiger partial charge in [0, 0.05) is 31.9 Å². The van der Waals surface area contributed by atoms with E-state index in [4.69, 9.17) is 0 Å². The molecule has 0 atom stereocenters. The van der Waals surface area contributed by atoms with Gasteiger partial charge in [-0.3, -0.25) is 9.69 Å². The van der Waals surface area contributed by atoms with E-state index in [-0.39, 0.29) is 11.3 Å². The van der Waals surface area contributed by atoms with Gasteiger partial charge in [0.05, 0.1) is 27.2 Å². The molecule has 33 heavy (non-hydrogen) atoms. The number of carbonyl (C=O) groups is 1. The van der Waals surface area contributed by atoms with Crippen LogP contribution in [-0.2, 0) is 21.2 Å². The van der Waals surface area contributed by atoms with E-state index in [9.17, 15) is 22.0 Å². The summed E-state index contributed by atoms with van der Waals surface area (Å²) in [5.41, 5.74) is 0.558. The topological polar surface area (TPSA) is 85.2 Å². The number of fused-ring (bicyclic) bond motifs is 1. The van der Waals surface area contributed by atoms with Crippen LogP contribution in [0.4, 0.5) is 13.9 Å². The lowest BCUT2D eigenvalue weighted by Crippen LogP contribution is -2.33. The summed E-state index contributed by atoms with van der Waals surface area (Å²) in [6.45, 7) is 0.910. The van der Waals surface area contributed by atoms with Gasteiger partial charge < -0.3 is 4.57 Å². The van der Waals surface area contributed by atoms with E-state index in [0.29, 0.717) is 34.9 Å². The van der Waals surface area contributed by atoms with Crippen LogP contribution in [0.5, 0.6) is 0 Å². The van der Waals surface area contributed by atoms with E-state index in [1.807, 2.05) is 10.8 Å². The quantitative estimate of drug-likeness (QED) is 0.331. The largest absolute Gasteiger partial charge is 0.337 e. The highest BCUT2D eigenvalue weighted by Crippen LogP contribution is 2.30. The van der Waals surface area contributed by atoms with Gasteiger partial charge in [-0.15, -0.1) is 0 Å². The predicted molar refractivity (Wildman–Crippen MR) is 122 cm³/mol. The maximum Gasteiger partial charge on any atom is 0.229 e. The lowest BCUT2D eigenvalue weighted by atomic mass is 10.3. The third-order valence-electron chi connectivity index (χ3n) is 4.99. The average molecular weight is 491 g/mol. The molecule has 11 heteroatoms. The number of nitrogens with zero attached hydrogens (tertiary/aromatic N) is 4. The van der Waals surface area contributed by atoms with E-state index in [1.54, 1.807) is 12.5 Å². The SMILES string of the molecule is O=C(CCS(=O)(=O)c1ccc(F)cc1)N(CCCn1ccnc1)c1nc2ccc(F)cc2s1. The number of thiazole rings is 1. The minimum absolute atomic E-state index is 0.0428. The molecule has 4 aromatic rings. The van der Waals surface area contributed by atoms with E-state index < -0.39 is 33.1 Å². The Balaban J connectivity index is 1.52. The van der Waals surface area contributed by atoms with E-state index in [0.717, 1.165) is 12.1 Å². The predicted octanol–water partition coefficient (Wildman–Crippen LogP) is 4.06. The summed E-state index contributed by atoms with van der Waals surface area (Å²) in [4.78, 5) is 22.9. The van der Waals surface area contributed by atoms with Crippen LogP contribution in [-0.4, -0.2) is 41.2 Å². The molecule has 0 radical (unpaired) electrons. The second-order valence-electron chi connectivity index (χ2n) is 7.33. The standard InChI is InChI=1S/C22H20F2N4O3S2/c23-16-2-5-18(6-3-16)33(30,31)13-8-21(29)28(11-1-10-27-12-9-25-15-27)22-26-19-7-4-17(24)14-20(19)32-22/h2-7,9,12,14-15H,1,8,10-11,13H2. The highest BCUT2D eigenvalue weighted by atomic mass is 32.2. The van der Waals surface area contributed by atoms with Gasteiger partial charge >= 0.3 is 0 Å². The molecule has 0 saturated heterocycles. The highest BCUT2D eigenvalue weighted by molar-refractivity contribution is 7.91. The minimum atomic E-state index is -3.77. The van der Waals surface area contributed by atoms with E-state index in [2.05, 4.69) is 9.97 Å². The van der Waals surface area contributed by atoms with Crippen molar-refractivity contribution in [3.8, 4) is 0 Å². The summed E-state index contributed by atoms with van der Waals surface area (Å²) in [6, 6.07) is 8.68. The molecule has 0 aliphatic carbocycles. The monoisotopic (exact) mass is 490 g/mol. The number of hydrogen-bond acceptors (Lipinski definition) is 6. The first-order valence-electron chi connectivity index (χ1n) is 10.1. The van der Waals surface area contributed by atoms with Crippen molar-refractivity contribution < 1.29 is 22.0 Å². The van der Waals surface area contributed by atoms with Gasteiger partial charge in [-0.25, -0.2) is 27.2 Å². The average Bonchev–Trinajstić information content (AvgIpc) is 3.45. The first-order chi connectivity index (χ1) is 15.8. The fourth-order valence-corrected chi connectivity index (χ4v) is 5.54. The lowest BCUT2D eigenvalue weighted by Gasteiger charge is -2.20. The summed E-state index contributed by atoms with van der Waals surface area (Å²) in [6.07, 6.45) is 5.45. The van der Waals surface area contributed by atoms with Crippen LogP contribution in [0.3, 0.4) is 0 Å². The fourth-order valence-electron chi connectivity index (χ4n) is 3.28. The number of aryl methyl sites for hydroxylation is 1. The Morgan fingerprint density at radius 1 is 1.09 bits per heavy atom. The molecule has 2 aromatic carbocycles. The van der Waals surface area contributed by atoms with Gasteiger partial charge in [-0.05, 0) is 48.9 Å². The van der Waals surface area contributed by atoms with Crippen LogP contribution in [0.2, 0.25) is 0 Å². The number of aromatic nitrogens is 3. The molecular formula is C22H20F2N4O3S2. The number of rotatable bonds is 9. The third-order valence-corrected chi connectivity index (χ3v) is 7.76. The number of sulfone groups is 1. The number of amides is 1. The van der Waals surface area contributed by atoms with Gasteiger partial charge in [0.25, 0.3) is 0 Å². The van der Waals surface area contributed by atoms with Crippen molar-refractivity contribution in [1.82, 2.24) is 14.5 Å². The second kappa shape index (κ2) is 9.75. The zero-order chi connectivity index (χ0) is 23.4. The van der Waals surface area contributed by atoms with Crippen LogP contribution in [0.15, 0.2) is 66.1 Å². The van der Waals surface area contributed by atoms with Crippen molar-refractivity contribution in [3.05, 3.63) is 72.8 Å². The first-order valence-corrected chi connectivity index (χ1v) is 12.6. The Hall–Kier alpha value is -3.18. The maximum absolute atomic E-state index is 13.6. The Morgan fingerprint density at radius 3 is 2.58 bits per heavy atom. The van der Waals surface area contributed by atoms with Crippen molar-refractivity contribution in [2.75, 3.05) is 17.2 Å². The third kappa shape index (κ3) is 5.60. The summed E-state index contributed by atoms with van der Waals surface area (Å²) < 4.78 is 54.4. The van der Waals surface area contributed by atoms with Gasteiger partial charge in [0.1, 0.15) is 11.6 Å². The van der Waals surface area contributed by atoms with Gasteiger partial charge in [0.15, 0.2) is 15.0 Å². The Kier molecular flexibility index (Phi) is 6.80. The van der Waals surface area contributed by atoms with Crippen LogP contribution < -0.4 is 4.90 Å². The Labute approximate surface area is 193 Å². The molecule has 0 aliphatic rings. The molecule has 0 aliphatic heterocycles. The Bertz CT molecular complexity index is 1350. The summed E-state index contributed by atoms with van der Waals surface area (Å²) >= 11 is 1.17. The van der Waals surface area contributed by atoms with Crippen LogP contribution in [0.25, 0.3) is 10.2 Å². The van der Waals surface area contributed by atoms with E-state index in [1.165, 1.54) is 46.6 Å².